The van der Waals surface area contributed by atoms with Crippen LogP contribution in [0.1, 0.15) is 61.9 Å². The number of aromatic amines is 1. The summed E-state index contributed by atoms with van der Waals surface area (Å²) in [7, 11) is 0. The molecule has 194 valence electrons. The fourth-order valence-corrected chi connectivity index (χ4v) is 4.80. The first-order chi connectivity index (χ1) is 18.1. The third kappa shape index (κ3) is 6.89. The summed E-state index contributed by atoms with van der Waals surface area (Å²) in [5.74, 6) is -0.119. The molecule has 4 aromatic rings. The van der Waals surface area contributed by atoms with Gasteiger partial charge in [0, 0.05) is 29.6 Å². The summed E-state index contributed by atoms with van der Waals surface area (Å²) in [4.78, 5) is 33.4. The first kappa shape index (κ1) is 26.2. The monoisotopic (exact) mass is 500 g/mol. The zero-order valence-corrected chi connectivity index (χ0v) is 21.6. The summed E-state index contributed by atoms with van der Waals surface area (Å²) in [5, 5.41) is 9.59. The van der Waals surface area contributed by atoms with E-state index in [-0.39, 0.29) is 18.0 Å². The van der Waals surface area contributed by atoms with Crippen molar-refractivity contribution in [1.82, 2.24) is 21.1 Å². The maximum Gasteiger partial charge on any atom is 0.315 e. The van der Waals surface area contributed by atoms with Crippen molar-refractivity contribution in [3.05, 3.63) is 83.6 Å². The number of fused-ring (bicyclic) bond motifs is 3. The molecule has 7 nitrogen and oxygen atoms in total. The lowest BCUT2D eigenvalue weighted by molar-refractivity contribution is -0.134. The number of hydrogen-bond acceptors (Lipinski definition) is 3. The van der Waals surface area contributed by atoms with Gasteiger partial charge in [-0.1, -0.05) is 73.5 Å². The van der Waals surface area contributed by atoms with E-state index in [0.717, 1.165) is 48.0 Å². The normalized spacial score (nSPS) is 11.9. The van der Waals surface area contributed by atoms with Crippen LogP contribution >= 0.6 is 0 Å². The molecule has 1 aromatic heterocycles. The van der Waals surface area contributed by atoms with Crippen LogP contribution in [0.25, 0.3) is 21.7 Å². The first-order valence-electron chi connectivity index (χ1n) is 13.1. The van der Waals surface area contributed by atoms with Crippen LogP contribution in [-0.4, -0.2) is 23.5 Å². The van der Waals surface area contributed by atoms with Crippen molar-refractivity contribution in [2.75, 3.05) is 6.54 Å². The molecule has 7 heteroatoms. The van der Waals surface area contributed by atoms with Crippen molar-refractivity contribution in [3.8, 4) is 0 Å². The number of carbonyl (C=O) groups excluding carboxylic acids is 2. The number of aromatic nitrogens is 1. The van der Waals surface area contributed by atoms with E-state index in [9.17, 15) is 9.59 Å². The van der Waals surface area contributed by atoms with Gasteiger partial charge in [-0.3, -0.25) is 9.63 Å². The SMILES string of the molecule is CCNC(=O)N[C@@H](CCCCCC(=O)NOCc1ccccc1)c1[nH]c2ccc3ccccc3c2c1C. The van der Waals surface area contributed by atoms with E-state index < -0.39 is 0 Å². The molecule has 0 spiro atoms. The fourth-order valence-electron chi connectivity index (χ4n) is 4.80. The number of aryl methyl sites for hydroxylation is 1. The Morgan fingerprint density at radius 2 is 1.73 bits per heavy atom. The summed E-state index contributed by atoms with van der Waals surface area (Å²) in [6, 6.07) is 22.0. The third-order valence-corrected chi connectivity index (χ3v) is 6.63. The Kier molecular flexibility index (Phi) is 9.16. The summed E-state index contributed by atoms with van der Waals surface area (Å²) >= 11 is 0. The minimum absolute atomic E-state index is 0.119. The second-order valence-electron chi connectivity index (χ2n) is 9.33. The third-order valence-electron chi connectivity index (χ3n) is 6.63. The van der Waals surface area contributed by atoms with Gasteiger partial charge in [0.15, 0.2) is 0 Å². The number of H-pyrrole nitrogens is 1. The molecule has 0 bridgehead atoms. The number of benzene rings is 3. The summed E-state index contributed by atoms with van der Waals surface area (Å²) in [6.45, 7) is 4.94. The topological polar surface area (TPSA) is 95.2 Å². The molecule has 3 amide bonds. The van der Waals surface area contributed by atoms with E-state index in [2.05, 4.69) is 58.4 Å². The van der Waals surface area contributed by atoms with Crippen molar-refractivity contribution in [3.63, 3.8) is 0 Å². The average Bonchev–Trinajstić information content (AvgIpc) is 3.25. The Morgan fingerprint density at radius 1 is 0.946 bits per heavy atom. The van der Waals surface area contributed by atoms with E-state index in [1.165, 1.54) is 16.2 Å². The predicted octanol–water partition coefficient (Wildman–Crippen LogP) is 6.19. The molecule has 0 aliphatic rings. The van der Waals surface area contributed by atoms with Gasteiger partial charge in [-0.25, -0.2) is 10.3 Å². The van der Waals surface area contributed by atoms with Crippen LogP contribution in [0.3, 0.4) is 0 Å². The zero-order chi connectivity index (χ0) is 26.0. The zero-order valence-electron chi connectivity index (χ0n) is 21.6. The molecule has 37 heavy (non-hydrogen) atoms. The van der Waals surface area contributed by atoms with Crippen molar-refractivity contribution in [2.45, 2.75) is 58.6 Å². The number of rotatable bonds is 12. The number of hydrogen-bond donors (Lipinski definition) is 4. The maximum atomic E-state index is 12.4. The van der Waals surface area contributed by atoms with Gasteiger partial charge in [0.05, 0.1) is 12.6 Å². The standard InChI is InChI=1S/C30H36N4O3/c1-3-31-30(36)33-26(16-8-5-9-17-27(35)34-37-20-22-12-6-4-7-13-22)29-21(2)28-24-15-11-10-14-23(24)18-19-25(28)32-29/h4,6-7,10-15,18-19,26,32H,3,5,8-9,16-17,20H2,1-2H3,(H,34,35)(H2,31,33,36)/t26-/m0/s1. The largest absolute Gasteiger partial charge is 0.356 e. The Morgan fingerprint density at radius 3 is 2.54 bits per heavy atom. The fraction of sp³-hybridized carbons (Fsp3) is 0.333. The van der Waals surface area contributed by atoms with Crippen LogP contribution in [0.15, 0.2) is 66.7 Å². The van der Waals surface area contributed by atoms with Gasteiger partial charge in [-0.15, -0.1) is 0 Å². The Balaban J connectivity index is 1.34. The molecule has 0 fully saturated rings. The minimum atomic E-state index is -0.176. The van der Waals surface area contributed by atoms with E-state index in [1.54, 1.807) is 0 Å². The van der Waals surface area contributed by atoms with Crippen LogP contribution in [0.5, 0.6) is 0 Å². The van der Waals surface area contributed by atoms with Gasteiger partial charge in [-0.2, -0.15) is 0 Å². The van der Waals surface area contributed by atoms with Gasteiger partial charge >= 0.3 is 6.03 Å². The van der Waals surface area contributed by atoms with Crippen molar-refractivity contribution in [1.29, 1.82) is 0 Å². The average molecular weight is 501 g/mol. The van der Waals surface area contributed by atoms with Crippen LogP contribution in [0.4, 0.5) is 4.79 Å². The second kappa shape index (κ2) is 12.9. The number of carbonyl (C=O) groups is 2. The van der Waals surface area contributed by atoms with Crippen LogP contribution in [-0.2, 0) is 16.2 Å². The van der Waals surface area contributed by atoms with E-state index in [0.29, 0.717) is 19.6 Å². The van der Waals surface area contributed by atoms with E-state index in [4.69, 9.17) is 4.84 Å². The van der Waals surface area contributed by atoms with E-state index >= 15 is 0 Å². The minimum Gasteiger partial charge on any atom is -0.356 e. The highest BCUT2D eigenvalue weighted by molar-refractivity contribution is 6.08. The van der Waals surface area contributed by atoms with Gasteiger partial charge in [-0.05, 0) is 54.7 Å². The molecular weight excluding hydrogens is 464 g/mol. The quantitative estimate of drug-likeness (QED) is 0.138. The second-order valence-corrected chi connectivity index (χ2v) is 9.33. The highest BCUT2D eigenvalue weighted by Crippen LogP contribution is 2.33. The van der Waals surface area contributed by atoms with Crippen molar-refractivity contribution >= 4 is 33.6 Å². The lowest BCUT2D eigenvalue weighted by atomic mass is 9.99. The molecule has 0 saturated carbocycles. The molecular formula is C30H36N4O3. The lowest BCUT2D eigenvalue weighted by Gasteiger charge is -2.19. The number of urea groups is 1. The van der Waals surface area contributed by atoms with Crippen LogP contribution < -0.4 is 16.1 Å². The maximum absolute atomic E-state index is 12.4. The molecule has 1 atom stereocenters. The van der Waals surface area contributed by atoms with Gasteiger partial charge in [0.2, 0.25) is 5.91 Å². The summed E-state index contributed by atoms with van der Waals surface area (Å²) < 4.78 is 0. The molecule has 0 aliphatic carbocycles. The first-order valence-corrected chi connectivity index (χ1v) is 13.1. The van der Waals surface area contributed by atoms with Crippen LogP contribution in [0, 0.1) is 6.92 Å². The lowest BCUT2D eigenvalue weighted by Crippen LogP contribution is -2.38. The molecule has 0 unspecified atom stereocenters. The highest BCUT2D eigenvalue weighted by Gasteiger charge is 2.21. The molecule has 1 heterocycles. The molecule has 3 aromatic carbocycles. The Labute approximate surface area is 217 Å². The number of unbranched alkanes of at least 4 members (excludes halogenated alkanes) is 2. The highest BCUT2D eigenvalue weighted by atomic mass is 16.6. The molecule has 0 aliphatic heterocycles. The number of amides is 3. The number of hydroxylamine groups is 1. The summed E-state index contributed by atoms with van der Waals surface area (Å²) in [5.41, 5.74) is 6.79. The van der Waals surface area contributed by atoms with Crippen LogP contribution in [0.2, 0.25) is 0 Å². The molecule has 0 saturated heterocycles. The van der Waals surface area contributed by atoms with Gasteiger partial charge in [0.1, 0.15) is 0 Å². The Hall–Kier alpha value is -3.84. The summed E-state index contributed by atoms with van der Waals surface area (Å²) in [6.07, 6.45) is 3.69. The van der Waals surface area contributed by atoms with Crippen molar-refractivity contribution in [2.24, 2.45) is 0 Å². The Bertz CT molecular complexity index is 1330. The number of nitrogens with one attached hydrogen (secondary N) is 4. The van der Waals surface area contributed by atoms with E-state index in [1.807, 2.05) is 43.3 Å². The smallest absolute Gasteiger partial charge is 0.315 e. The van der Waals surface area contributed by atoms with Gasteiger partial charge < -0.3 is 15.6 Å². The van der Waals surface area contributed by atoms with Gasteiger partial charge in [0.25, 0.3) is 0 Å². The molecule has 0 radical (unpaired) electrons. The molecule has 4 N–H and O–H groups in total. The molecule has 4 rings (SSSR count). The van der Waals surface area contributed by atoms with Crippen molar-refractivity contribution < 1.29 is 14.4 Å². The predicted molar refractivity (Wildman–Crippen MR) is 148 cm³/mol.